The maximum Gasteiger partial charge on any atom is 0.308 e. The minimum Gasteiger partial charge on any atom is -0.497 e. The van der Waals surface area contributed by atoms with Gasteiger partial charge in [-0.2, -0.15) is 0 Å². The standard InChI is InChI=1S/C37H52O6Si/c1-36(2,3)43-35(39)27-30(38)26-32(41-28-29-21-23-31(40-7)24-22-29)16-14-15-25-42-44(37(4,5)6,33-17-10-8-11-18-33)34-19-12-9-13-20-34/h8-13,17-24,30,32,38H,14-16,25-28H2,1-7H3/t30-,32+/m0/s1. The third-order valence-corrected chi connectivity index (χ3v) is 12.7. The summed E-state index contributed by atoms with van der Waals surface area (Å²) in [6.45, 7) is 13.4. The monoisotopic (exact) mass is 620 g/mol. The largest absolute Gasteiger partial charge is 0.497 e. The van der Waals surface area contributed by atoms with Gasteiger partial charge in [0.15, 0.2) is 0 Å². The molecule has 240 valence electrons. The molecule has 7 heteroatoms. The third kappa shape index (κ3) is 10.6. The van der Waals surface area contributed by atoms with Crippen molar-refractivity contribution in [2.45, 2.75) is 103 Å². The van der Waals surface area contributed by atoms with Crippen LogP contribution >= 0.6 is 0 Å². The molecule has 0 bridgehead atoms. The molecule has 0 aromatic heterocycles. The fraction of sp³-hybridized carbons (Fsp3) is 0.486. The highest BCUT2D eigenvalue weighted by molar-refractivity contribution is 6.99. The number of ether oxygens (including phenoxy) is 3. The summed E-state index contributed by atoms with van der Waals surface area (Å²) in [5.41, 5.74) is 0.430. The molecule has 1 N–H and O–H groups in total. The Hall–Kier alpha value is -2.97. The van der Waals surface area contributed by atoms with Gasteiger partial charge in [0, 0.05) is 13.0 Å². The predicted molar refractivity (Wildman–Crippen MR) is 180 cm³/mol. The first-order chi connectivity index (χ1) is 20.8. The van der Waals surface area contributed by atoms with E-state index in [9.17, 15) is 9.90 Å². The van der Waals surface area contributed by atoms with Crippen molar-refractivity contribution in [1.82, 2.24) is 0 Å². The van der Waals surface area contributed by atoms with Crippen molar-refractivity contribution in [3.05, 3.63) is 90.5 Å². The van der Waals surface area contributed by atoms with Gasteiger partial charge in [0.25, 0.3) is 8.32 Å². The van der Waals surface area contributed by atoms with Crippen molar-refractivity contribution < 1.29 is 28.5 Å². The molecule has 0 fully saturated rings. The zero-order valence-electron chi connectivity index (χ0n) is 27.7. The van der Waals surface area contributed by atoms with E-state index in [2.05, 4.69) is 81.4 Å². The van der Waals surface area contributed by atoms with Crippen LogP contribution in [0.1, 0.15) is 79.2 Å². The number of aliphatic hydroxyl groups excluding tert-OH is 1. The van der Waals surface area contributed by atoms with Gasteiger partial charge in [0.1, 0.15) is 11.4 Å². The van der Waals surface area contributed by atoms with Crippen LogP contribution in [0.3, 0.4) is 0 Å². The van der Waals surface area contributed by atoms with E-state index in [1.54, 1.807) is 7.11 Å². The highest BCUT2D eigenvalue weighted by Crippen LogP contribution is 2.37. The van der Waals surface area contributed by atoms with Gasteiger partial charge in [0.2, 0.25) is 0 Å². The lowest BCUT2D eigenvalue weighted by Crippen LogP contribution is -2.66. The molecule has 3 aromatic rings. The summed E-state index contributed by atoms with van der Waals surface area (Å²) in [4.78, 5) is 12.4. The molecule has 0 unspecified atom stereocenters. The van der Waals surface area contributed by atoms with Crippen LogP contribution in [-0.4, -0.2) is 50.9 Å². The van der Waals surface area contributed by atoms with E-state index in [1.165, 1.54) is 10.4 Å². The average molecular weight is 621 g/mol. The highest BCUT2D eigenvalue weighted by atomic mass is 28.4. The Bertz CT molecular complexity index is 1210. The van der Waals surface area contributed by atoms with E-state index in [0.29, 0.717) is 19.6 Å². The molecule has 3 aromatic carbocycles. The zero-order valence-corrected chi connectivity index (χ0v) is 28.7. The highest BCUT2D eigenvalue weighted by Gasteiger charge is 2.49. The number of benzene rings is 3. The third-order valence-electron chi connectivity index (χ3n) is 7.66. The number of esters is 1. The van der Waals surface area contributed by atoms with Gasteiger partial charge in [0.05, 0.1) is 32.3 Å². The number of methoxy groups -OCH3 is 1. The topological polar surface area (TPSA) is 74.2 Å². The van der Waals surface area contributed by atoms with Gasteiger partial charge >= 0.3 is 5.97 Å². The second-order valence-corrected chi connectivity index (χ2v) is 17.8. The van der Waals surface area contributed by atoms with Gasteiger partial charge < -0.3 is 23.7 Å². The molecule has 0 aliphatic rings. The molecule has 0 amide bonds. The first kappa shape index (κ1) is 35.5. The number of carbonyl (C=O) groups is 1. The summed E-state index contributed by atoms with van der Waals surface area (Å²) in [5, 5.41) is 13.2. The van der Waals surface area contributed by atoms with E-state index < -0.39 is 26.0 Å². The molecule has 0 saturated carbocycles. The number of rotatable bonds is 16. The van der Waals surface area contributed by atoms with Crippen LogP contribution in [0.15, 0.2) is 84.9 Å². The Morgan fingerprint density at radius 1 is 0.818 bits per heavy atom. The number of aliphatic hydroxyl groups is 1. The number of carbonyl (C=O) groups excluding carboxylic acids is 1. The van der Waals surface area contributed by atoms with Gasteiger partial charge in [-0.1, -0.05) is 93.6 Å². The summed E-state index contributed by atoms with van der Waals surface area (Å²) in [6.07, 6.45) is 1.69. The van der Waals surface area contributed by atoms with Crippen LogP contribution in [0, 0.1) is 0 Å². The second-order valence-electron chi connectivity index (χ2n) is 13.5. The maximum atomic E-state index is 12.4. The molecule has 0 aliphatic carbocycles. The summed E-state index contributed by atoms with van der Waals surface area (Å²) in [7, 11) is -0.947. The van der Waals surface area contributed by atoms with Crippen molar-refractivity contribution in [3.8, 4) is 5.75 Å². The maximum absolute atomic E-state index is 12.4. The summed E-state index contributed by atoms with van der Waals surface area (Å²) < 4.78 is 24.1. The molecule has 0 radical (unpaired) electrons. The Labute approximate surface area is 265 Å². The Morgan fingerprint density at radius 3 is 1.89 bits per heavy atom. The molecular formula is C37H52O6Si. The van der Waals surface area contributed by atoms with E-state index in [4.69, 9.17) is 18.6 Å². The number of hydrogen-bond donors (Lipinski definition) is 1. The van der Waals surface area contributed by atoms with Crippen molar-refractivity contribution in [1.29, 1.82) is 0 Å². The van der Waals surface area contributed by atoms with E-state index in [0.717, 1.165) is 30.6 Å². The van der Waals surface area contributed by atoms with Gasteiger partial charge in [-0.15, -0.1) is 0 Å². The Kier molecular flexibility index (Phi) is 13.2. The smallest absolute Gasteiger partial charge is 0.308 e. The first-order valence-electron chi connectivity index (χ1n) is 15.7. The van der Waals surface area contributed by atoms with Crippen LogP contribution in [-0.2, 0) is 25.3 Å². The van der Waals surface area contributed by atoms with Crippen molar-refractivity contribution in [2.24, 2.45) is 0 Å². The molecule has 0 aliphatic heterocycles. The SMILES string of the molecule is COc1ccc(CO[C@H](CCCCO[Si](c2ccccc2)(c2ccccc2)C(C)(C)C)C[C@H](O)CC(=O)OC(C)(C)C)cc1. The molecule has 44 heavy (non-hydrogen) atoms. The van der Waals surface area contributed by atoms with Crippen LogP contribution in [0.25, 0.3) is 0 Å². The molecule has 0 spiro atoms. The van der Waals surface area contributed by atoms with Crippen LogP contribution in [0.2, 0.25) is 5.04 Å². The van der Waals surface area contributed by atoms with E-state index in [-0.39, 0.29) is 17.6 Å². The average Bonchev–Trinajstić information content (AvgIpc) is 2.97. The zero-order chi connectivity index (χ0) is 32.2. The summed E-state index contributed by atoms with van der Waals surface area (Å²) in [6, 6.07) is 29.1. The predicted octanol–water partition coefficient (Wildman–Crippen LogP) is 6.81. The van der Waals surface area contributed by atoms with E-state index >= 15 is 0 Å². The van der Waals surface area contributed by atoms with Crippen LogP contribution in [0.4, 0.5) is 0 Å². The molecule has 0 heterocycles. The normalized spacial score (nSPS) is 13.7. The van der Waals surface area contributed by atoms with Crippen molar-refractivity contribution in [2.75, 3.05) is 13.7 Å². The fourth-order valence-corrected chi connectivity index (χ4v) is 10.2. The second kappa shape index (κ2) is 16.4. The lowest BCUT2D eigenvalue weighted by atomic mass is 10.0. The lowest BCUT2D eigenvalue weighted by molar-refractivity contribution is -0.157. The molecular weight excluding hydrogens is 568 g/mol. The molecule has 6 nitrogen and oxygen atoms in total. The summed E-state index contributed by atoms with van der Waals surface area (Å²) in [5.74, 6) is 0.386. The van der Waals surface area contributed by atoms with Gasteiger partial charge in [-0.3, -0.25) is 4.79 Å². The minimum atomic E-state index is -2.59. The fourth-order valence-electron chi connectivity index (χ4n) is 5.63. The molecule has 3 rings (SSSR count). The lowest BCUT2D eigenvalue weighted by Gasteiger charge is -2.43. The molecule has 0 saturated heterocycles. The van der Waals surface area contributed by atoms with Crippen LogP contribution < -0.4 is 15.1 Å². The van der Waals surface area contributed by atoms with E-state index in [1.807, 2.05) is 45.0 Å². The van der Waals surface area contributed by atoms with Gasteiger partial charge in [-0.05, 0) is 73.1 Å². The van der Waals surface area contributed by atoms with Crippen LogP contribution in [0.5, 0.6) is 5.75 Å². The first-order valence-corrected chi connectivity index (χ1v) is 17.6. The van der Waals surface area contributed by atoms with Crippen molar-refractivity contribution in [3.63, 3.8) is 0 Å². The summed E-state index contributed by atoms with van der Waals surface area (Å²) >= 11 is 0. The minimum absolute atomic E-state index is 0.0589. The molecule has 2 atom stereocenters. The Morgan fingerprint density at radius 2 is 1.39 bits per heavy atom. The quantitative estimate of drug-likeness (QED) is 0.108. The number of hydrogen-bond acceptors (Lipinski definition) is 6. The Balaban J connectivity index is 1.67. The van der Waals surface area contributed by atoms with Gasteiger partial charge in [-0.25, -0.2) is 0 Å². The number of unbranched alkanes of at least 4 members (excludes halogenated alkanes) is 1. The van der Waals surface area contributed by atoms with Crippen molar-refractivity contribution >= 4 is 24.7 Å².